The second-order valence-corrected chi connectivity index (χ2v) is 9.24. The smallest absolute Gasteiger partial charge is 0.238 e. The van der Waals surface area contributed by atoms with Crippen LogP contribution in [-0.4, -0.2) is 69.0 Å². The molecule has 11 heteroatoms. The molecule has 3 aromatic rings. The second kappa shape index (κ2) is 9.00. The third-order valence-corrected chi connectivity index (χ3v) is 6.93. The molecule has 1 aliphatic heterocycles. The number of hydrogen-bond acceptors (Lipinski definition) is 9. The van der Waals surface area contributed by atoms with Crippen molar-refractivity contribution in [1.29, 1.82) is 0 Å². The summed E-state index contributed by atoms with van der Waals surface area (Å²) in [5.74, 6) is 1.12. The molecule has 2 amide bonds. The molecule has 30 heavy (non-hydrogen) atoms. The predicted octanol–water partition coefficient (Wildman–Crippen LogP) is 2.40. The molecule has 4 rings (SSSR count). The first-order valence-corrected chi connectivity index (χ1v) is 11.5. The third kappa shape index (κ3) is 4.73. The van der Waals surface area contributed by atoms with Gasteiger partial charge >= 0.3 is 0 Å². The van der Waals surface area contributed by atoms with Crippen molar-refractivity contribution in [3.8, 4) is 0 Å². The van der Waals surface area contributed by atoms with E-state index in [4.69, 9.17) is 4.52 Å². The van der Waals surface area contributed by atoms with Crippen molar-refractivity contribution in [2.75, 3.05) is 42.1 Å². The van der Waals surface area contributed by atoms with Gasteiger partial charge in [-0.1, -0.05) is 16.5 Å². The van der Waals surface area contributed by atoms with Crippen molar-refractivity contribution in [2.45, 2.75) is 19.1 Å². The highest BCUT2D eigenvalue weighted by Gasteiger charge is 2.24. The quantitative estimate of drug-likeness (QED) is 0.616. The van der Waals surface area contributed by atoms with E-state index >= 15 is 0 Å². The summed E-state index contributed by atoms with van der Waals surface area (Å²) in [4.78, 5) is 38.8. The number of aryl methyl sites for hydroxylation is 1. The van der Waals surface area contributed by atoms with Crippen LogP contribution >= 0.6 is 23.1 Å². The van der Waals surface area contributed by atoms with Gasteiger partial charge in [0.05, 0.1) is 11.0 Å². The molecule has 1 aliphatic rings. The number of amides is 2. The highest BCUT2D eigenvalue weighted by atomic mass is 32.2. The van der Waals surface area contributed by atoms with Crippen molar-refractivity contribution in [3.05, 3.63) is 30.2 Å². The number of anilines is 2. The van der Waals surface area contributed by atoms with E-state index in [9.17, 15) is 9.59 Å². The van der Waals surface area contributed by atoms with Gasteiger partial charge in [0.25, 0.3) is 0 Å². The summed E-state index contributed by atoms with van der Waals surface area (Å²) in [6.45, 7) is 6.28. The molecule has 3 aromatic heterocycles. The van der Waals surface area contributed by atoms with Crippen LogP contribution in [0.1, 0.15) is 12.7 Å². The van der Waals surface area contributed by atoms with Gasteiger partial charge in [-0.25, -0.2) is 9.97 Å². The molecule has 158 valence electrons. The van der Waals surface area contributed by atoms with E-state index in [0.717, 1.165) is 28.6 Å². The Bertz CT molecular complexity index is 1010. The van der Waals surface area contributed by atoms with Gasteiger partial charge in [-0.2, -0.15) is 0 Å². The normalized spacial score (nSPS) is 15.4. The number of thiazole rings is 1. The Labute approximate surface area is 181 Å². The van der Waals surface area contributed by atoms with Crippen molar-refractivity contribution < 1.29 is 14.1 Å². The molecule has 1 N–H and O–H groups in total. The van der Waals surface area contributed by atoms with Gasteiger partial charge in [0.2, 0.25) is 11.8 Å². The number of rotatable bonds is 6. The predicted molar refractivity (Wildman–Crippen MR) is 118 cm³/mol. The topological polar surface area (TPSA) is 104 Å². The van der Waals surface area contributed by atoms with E-state index in [1.807, 2.05) is 17.0 Å². The summed E-state index contributed by atoms with van der Waals surface area (Å²) in [5.41, 5.74) is 0.903. The number of hydrogen-bond donors (Lipinski definition) is 1. The molecule has 0 spiro atoms. The molecule has 0 saturated carbocycles. The molecular weight excluding hydrogens is 424 g/mol. The van der Waals surface area contributed by atoms with Gasteiger partial charge in [-0.05, 0) is 26.0 Å². The Morgan fingerprint density at radius 3 is 2.83 bits per heavy atom. The van der Waals surface area contributed by atoms with Crippen LogP contribution < -0.4 is 10.2 Å². The van der Waals surface area contributed by atoms with E-state index in [0.29, 0.717) is 24.7 Å². The second-order valence-electron chi connectivity index (χ2n) is 6.96. The maximum Gasteiger partial charge on any atom is 0.238 e. The SMILES string of the molecule is Cc1cc(NC(=O)C(C)SCC(=O)N2CCN(c3nc4cccnc4s3)CC2)no1. The summed E-state index contributed by atoms with van der Waals surface area (Å²) < 4.78 is 4.94. The highest BCUT2D eigenvalue weighted by Crippen LogP contribution is 2.27. The number of carbonyl (C=O) groups excluding carboxylic acids is 2. The van der Waals surface area contributed by atoms with Crippen molar-refractivity contribution in [3.63, 3.8) is 0 Å². The monoisotopic (exact) mass is 446 g/mol. The summed E-state index contributed by atoms with van der Waals surface area (Å²) in [6, 6.07) is 5.50. The van der Waals surface area contributed by atoms with Crippen LogP contribution in [0.4, 0.5) is 10.9 Å². The van der Waals surface area contributed by atoms with E-state index in [2.05, 4.69) is 25.3 Å². The molecular formula is C19H22N6O3S2. The van der Waals surface area contributed by atoms with Crippen molar-refractivity contribution in [2.24, 2.45) is 0 Å². The minimum Gasteiger partial charge on any atom is -0.360 e. The van der Waals surface area contributed by atoms with Gasteiger partial charge < -0.3 is 19.6 Å². The Morgan fingerprint density at radius 2 is 2.13 bits per heavy atom. The number of nitrogens with zero attached hydrogens (tertiary/aromatic N) is 5. The molecule has 1 unspecified atom stereocenters. The molecule has 0 aromatic carbocycles. The number of aromatic nitrogens is 3. The average molecular weight is 447 g/mol. The minimum absolute atomic E-state index is 0.0440. The molecule has 1 fully saturated rings. The largest absolute Gasteiger partial charge is 0.360 e. The zero-order valence-corrected chi connectivity index (χ0v) is 18.3. The molecule has 0 radical (unpaired) electrons. The fraction of sp³-hybridized carbons (Fsp3) is 0.421. The van der Waals surface area contributed by atoms with Crippen LogP contribution in [0.5, 0.6) is 0 Å². The van der Waals surface area contributed by atoms with E-state index in [-0.39, 0.29) is 22.8 Å². The van der Waals surface area contributed by atoms with Gasteiger partial charge in [0, 0.05) is 38.4 Å². The highest BCUT2D eigenvalue weighted by molar-refractivity contribution is 8.01. The van der Waals surface area contributed by atoms with Gasteiger partial charge in [0.1, 0.15) is 16.1 Å². The summed E-state index contributed by atoms with van der Waals surface area (Å²) >= 11 is 2.89. The lowest BCUT2D eigenvalue weighted by molar-refractivity contribution is -0.128. The Balaban J connectivity index is 1.23. The number of thioether (sulfide) groups is 1. The van der Waals surface area contributed by atoms with Crippen LogP contribution in [0, 0.1) is 6.92 Å². The van der Waals surface area contributed by atoms with E-state index < -0.39 is 0 Å². The first-order chi connectivity index (χ1) is 14.5. The lowest BCUT2D eigenvalue weighted by Gasteiger charge is -2.34. The summed E-state index contributed by atoms with van der Waals surface area (Å²) in [7, 11) is 0. The molecule has 0 aliphatic carbocycles. The lowest BCUT2D eigenvalue weighted by Crippen LogP contribution is -2.49. The number of pyridine rings is 1. The van der Waals surface area contributed by atoms with Crippen LogP contribution in [0.25, 0.3) is 10.3 Å². The van der Waals surface area contributed by atoms with E-state index in [1.165, 1.54) is 11.8 Å². The zero-order chi connectivity index (χ0) is 21.1. The van der Waals surface area contributed by atoms with Crippen LogP contribution in [0.15, 0.2) is 28.9 Å². The number of carbonyl (C=O) groups is 2. The van der Waals surface area contributed by atoms with Gasteiger partial charge in [-0.3, -0.25) is 9.59 Å². The Hall–Kier alpha value is -2.66. The van der Waals surface area contributed by atoms with Crippen LogP contribution in [0.2, 0.25) is 0 Å². The first-order valence-electron chi connectivity index (χ1n) is 9.59. The lowest BCUT2D eigenvalue weighted by atomic mass is 10.3. The van der Waals surface area contributed by atoms with E-state index in [1.54, 1.807) is 37.4 Å². The third-order valence-electron chi connectivity index (χ3n) is 4.76. The molecule has 9 nitrogen and oxygen atoms in total. The Morgan fingerprint density at radius 1 is 1.33 bits per heavy atom. The maximum absolute atomic E-state index is 12.6. The van der Waals surface area contributed by atoms with Crippen LogP contribution in [0.3, 0.4) is 0 Å². The molecule has 0 bridgehead atoms. The molecule has 1 saturated heterocycles. The van der Waals surface area contributed by atoms with Gasteiger partial charge in [-0.15, -0.1) is 11.8 Å². The minimum atomic E-state index is -0.373. The fourth-order valence-corrected chi connectivity index (χ4v) is 4.80. The maximum atomic E-state index is 12.6. The number of piperazine rings is 1. The van der Waals surface area contributed by atoms with Crippen molar-refractivity contribution >= 4 is 56.2 Å². The number of nitrogens with one attached hydrogen (secondary N) is 1. The standard InChI is InChI=1S/C19H22N6O3S2/c1-12-10-15(23-28-12)22-17(27)13(2)29-11-16(26)24-6-8-25(9-7-24)19-21-14-4-3-5-20-18(14)30-19/h3-5,10,13H,6-9,11H2,1-2H3,(H,22,23,27). The fourth-order valence-electron chi connectivity index (χ4n) is 3.06. The summed E-state index contributed by atoms with van der Waals surface area (Å²) in [5, 5.41) is 7.01. The molecule has 4 heterocycles. The zero-order valence-electron chi connectivity index (χ0n) is 16.7. The first kappa shape index (κ1) is 20.6. The average Bonchev–Trinajstić information content (AvgIpc) is 3.37. The molecule has 1 atom stereocenters. The Kier molecular flexibility index (Phi) is 6.18. The van der Waals surface area contributed by atoms with Crippen molar-refractivity contribution in [1.82, 2.24) is 20.0 Å². The summed E-state index contributed by atoms with van der Waals surface area (Å²) in [6.07, 6.45) is 1.77. The number of fused-ring (bicyclic) bond motifs is 1. The van der Waals surface area contributed by atoms with Gasteiger partial charge in [0.15, 0.2) is 10.9 Å². The van der Waals surface area contributed by atoms with Crippen LogP contribution in [-0.2, 0) is 9.59 Å².